The molecule has 35 heavy (non-hydrogen) atoms. The van der Waals surface area contributed by atoms with E-state index in [9.17, 15) is 14.9 Å². The van der Waals surface area contributed by atoms with Gasteiger partial charge < -0.3 is 20.1 Å². The van der Waals surface area contributed by atoms with Crippen molar-refractivity contribution in [3.63, 3.8) is 0 Å². The highest BCUT2D eigenvalue weighted by Gasteiger charge is 2.16. The van der Waals surface area contributed by atoms with Crippen LogP contribution in [0.1, 0.15) is 24.1 Å². The number of amides is 2. The molecule has 0 unspecified atom stereocenters. The number of para-hydroxylation sites is 1. The zero-order chi connectivity index (χ0) is 25.2. The molecule has 2 amide bonds. The standard InChI is InChI=1S/C27H24BrN3O4/c1-18(19-9-5-3-6-10-19)30-27(33)21(16-29)13-20-14-24(34-2)25(15-23(20)28)35-17-26(32)31-22-11-7-4-8-12-22/h3-15,18H,17H2,1-2H3,(H,30,33)(H,31,32)/b21-13-/t18-/m1/s1. The molecule has 0 aliphatic carbocycles. The summed E-state index contributed by atoms with van der Waals surface area (Å²) in [5.74, 6) is -0.135. The molecule has 0 saturated carbocycles. The lowest BCUT2D eigenvalue weighted by Gasteiger charge is -2.15. The third-order valence-corrected chi connectivity index (χ3v) is 5.70. The Bertz CT molecular complexity index is 1250. The van der Waals surface area contributed by atoms with Gasteiger partial charge in [0.05, 0.1) is 13.2 Å². The quantitative estimate of drug-likeness (QED) is 0.288. The summed E-state index contributed by atoms with van der Waals surface area (Å²) in [5.41, 5.74) is 2.07. The van der Waals surface area contributed by atoms with Crippen molar-refractivity contribution in [2.24, 2.45) is 0 Å². The normalized spacial score (nSPS) is 11.7. The van der Waals surface area contributed by atoms with Gasteiger partial charge in [0.25, 0.3) is 11.8 Å². The first-order chi connectivity index (χ1) is 16.9. The van der Waals surface area contributed by atoms with Crippen LogP contribution >= 0.6 is 15.9 Å². The molecule has 2 N–H and O–H groups in total. The maximum Gasteiger partial charge on any atom is 0.262 e. The Morgan fingerprint density at radius 2 is 1.71 bits per heavy atom. The van der Waals surface area contributed by atoms with Crippen LogP contribution in [0.5, 0.6) is 11.5 Å². The topological polar surface area (TPSA) is 100 Å². The third kappa shape index (κ3) is 7.19. The van der Waals surface area contributed by atoms with E-state index in [1.807, 2.05) is 61.5 Å². The maximum absolute atomic E-state index is 12.7. The summed E-state index contributed by atoms with van der Waals surface area (Å²) in [6.07, 6.45) is 1.46. The minimum Gasteiger partial charge on any atom is -0.493 e. The fourth-order valence-corrected chi connectivity index (χ4v) is 3.64. The van der Waals surface area contributed by atoms with Crippen LogP contribution < -0.4 is 20.1 Å². The Morgan fingerprint density at radius 3 is 2.34 bits per heavy atom. The lowest BCUT2D eigenvalue weighted by molar-refractivity contribution is -0.118. The average Bonchev–Trinajstić information content (AvgIpc) is 2.87. The molecule has 7 nitrogen and oxygen atoms in total. The van der Waals surface area contributed by atoms with Gasteiger partial charge in [-0.2, -0.15) is 5.26 Å². The van der Waals surface area contributed by atoms with Crippen molar-refractivity contribution in [3.8, 4) is 17.6 Å². The molecule has 0 heterocycles. The summed E-state index contributed by atoms with van der Waals surface area (Å²) in [7, 11) is 1.47. The number of benzene rings is 3. The number of carbonyl (C=O) groups excluding carboxylic acids is 2. The largest absolute Gasteiger partial charge is 0.493 e. The second kappa shape index (κ2) is 12.4. The van der Waals surface area contributed by atoms with Crippen LogP contribution in [0.15, 0.2) is 82.8 Å². The van der Waals surface area contributed by atoms with Crippen LogP contribution in [-0.4, -0.2) is 25.5 Å². The van der Waals surface area contributed by atoms with Gasteiger partial charge in [0, 0.05) is 10.2 Å². The molecule has 3 aromatic rings. The van der Waals surface area contributed by atoms with Crippen LogP contribution in [0.4, 0.5) is 5.69 Å². The number of hydrogen-bond acceptors (Lipinski definition) is 5. The Labute approximate surface area is 212 Å². The van der Waals surface area contributed by atoms with E-state index in [1.54, 1.807) is 24.3 Å². The van der Waals surface area contributed by atoms with E-state index < -0.39 is 5.91 Å². The summed E-state index contributed by atoms with van der Waals surface area (Å²) < 4.78 is 11.6. The Morgan fingerprint density at radius 1 is 1.06 bits per heavy atom. The molecule has 0 spiro atoms. The minimum atomic E-state index is -0.493. The highest BCUT2D eigenvalue weighted by Crippen LogP contribution is 2.34. The van der Waals surface area contributed by atoms with Gasteiger partial charge in [-0.3, -0.25) is 9.59 Å². The number of carbonyl (C=O) groups is 2. The second-order valence-electron chi connectivity index (χ2n) is 7.50. The smallest absolute Gasteiger partial charge is 0.262 e. The predicted octanol–water partition coefficient (Wildman–Crippen LogP) is 5.26. The highest BCUT2D eigenvalue weighted by atomic mass is 79.9. The molecule has 8 heteroatoms. The van der Waals surface area contributed by atoms with Crippen molar-refractivity contribution in [1.82, 2.24) is 5.32 Å². The number of nitrogens with one attached hydrogen (secondary N) is 2. The molecule has 178 valence electrons. The van der Waals surface area contributed by atoms with E-state index in [-0.39, 0.29) is 24.1 Å². The van der Waals surface area contributed by atoms with E-state index in [4.69, 9.17) is 9.47 Å². The number of hydrogen-bond donors (Lipinski definition) is 2. The van der Waals surface area contributed by atoms with E-state index in [0.29, 0.717) is 27.2 Å². The summed E-state index contributed by atoms with van der Waals surface area (Å²) in [6, 6.07) is 23.5. The molecule has 0 aliphatic heterocycles. The molecule has 0 radical (unpaired) electrons. The van der Waals surface area contributed by atoms with Crippen molar-refractivity contribution in [1.29, 1.82) is 5.26 Å². The van der Waals surface area contributed by atoms with Crippen molar-refractivity contribution < 1.29 is 19.1 Å². The zero-order valence-electron chi connectivity index (χ0n) is 19.2. The summed E-state index contributed by atoms with van der Waals surface area (Å²) in [4.78, 5) is 24.9. The number of anilines is 1. The molecule has 0 fully saturated rings. The van der Waals surface area contributed by atoms with E-state index in [0.717, 1.165) is 5.56 Å². The fourth-order valence-electron chi connectivity index (χ4n) is 3.20. The van der Waals surface area contributed by atoms with E-state index in [1.165, 1.54) is 13.2 Å². The van der Waals surface area contributed by atoms with Gasteiger partial charge in [-0.25, -0.2) is 0 Å². The van der Waals surface area contributed by atoms with Gasteiger partial charge in [-0.1, -0.05) is 64.5 Å². The number of nitrogens with zero attached hydrogens (tertiary/aromatic N) is 1. The first kappa shape index (κ1) is 25.5. The van der Waals surface area contributed by atoms with Crippen LogP contribution in [-0.2, 0) is 9.59 Å². The van der Waals surface area contributed by atoms with Crippen LogP contribution in [0.25, 0.3) is 6.08 Å². The molecule has 3 rings (SSSR count). The molecular weight excluding hydrogens is 510 g/mol. The van der Waals surface area contributed by atoms with Crippen molar-refractivity contribution >= 4 is 39.5 Å². The molecule has 0 aliphatic rings. The summed E-state index contributed by atoms with van der Waals surface area (Å²) in [6.45, 7) is 1.62. The molecule has 0 bridgehead atoms. The van der Waals surface area contributed by atoms with Gasteiger partial charge in [0.15, 0.2) is 18.1 Å². The molecule has 1 atom stereocenters. The Hall–Kier alpha value is -4.09. The summed E-state index contributed by atoms with van der Waals surface area (Å²) in [5, 5.41) is 15.2. The fraction of sp³-hybridized carbons (Fsp3) is 0.148. The van der Waals surface area contributed by atoms with Gasteiger partial charge in [-0.05, 0) is 48.4 Å². The van der Waals surface area contributed by atoms with Gasteiger partial charge in [0.2, 0.25) is 0 Å². The lowest BCUT2D eigenvalue weighted by Crippen LogP contribution is -2.27. The first-order valence-electron chi connectivity index (χ1n) is 10.7. The van der Waals surface area contributed by atoms with Crippen LogP contribution in [0.2, 0.25) is 0 Å². The van der Waals surface area contributed by atoms with Gasteiger partial charge in [-0.15, -0.1) is 0 Å². The minimum absolute atomic E-state index is 0.0635. The van der Waals surface area contributed by atoms with Crippen molar-refractivity contribution in [3.05, 3.63) is 94.0 Å². The second-order valence-corrected chi connectivity index (χ2v) is 8.36. The first-order valence-corrected chi connectivity index (χ1v) is 11.5. The highest BCUT2D eigenvalue weighted by molar-refractivity contribution is 9.10. The summed E-state index contributed by atoms with van der Waals surface area (Å²) >= 11 is 3.44. The van der Waals surface area contributed by atoms with Gasteiger partial charge in [0.1, 0.15) is 11.6 Å². The predicted molar refractivity (Wildman–Crippen MR) is 138 cm³/mol. The number of halogens is 1. The Balaban J connectivity index is 1.72. The van der Waals surface area contributed by atoms with E-state index in [2.05, 4.69) is 26.6 Å². The third-order valence-electron chi connectivity index (χ3n) is 5.01. The van der Waals surface area contributed by atoms with Crippen LogP contribution in [0.3, 0.4) is 0 Å². The average molecular weight is 534 g/mol. The molecule has 0 saturated heterocycles. The lowest BCUT2D eigenvalue weighted by atomic mass is 10.1. The zero-order valence-corrected chi connectivity index (χ0v) is 20.8. The maximum atomic E-state index is 12.7. The van der Waals surface area contributed by atoms with Crippen molar-refractivity contribution in [2.45, 2.75) is 13.0 Å². The monoisotopic (exact) mass is 533 g/mol. The number of ether oxygens (including phenoxy) is 2. The molecular formula is C27H24BrN3O4. The molecule has 0 aromatic heterocycles. The molecule has 3 aromatic carbocycles. The van der Waals surface area contributed by atoms with E-state index >= 15 is 0 Å². The number of methoxy groups -OCH3 is 1. The Kier molecular flexibility index (Phi) is 9.04. The van der Waals surface area contributed by atoms with Crippen LogP contribution in [0, 0.1) is 11.3 Å². The van der Waals surface area contributed by atoms with Gasteiger partial charge >= 0.3 is 0 Å². The van der Waals surface area contributed by atoms with Crippen molar-refractivity contribution in [2.75, 3.05) is 19.0 Å². The number of nitriles is 1. The SMILES string of the molecule is COc1cc(/C=C(/C#N)C(=O)N[C@H](C)c2ccccc2)c(Br)cc1OCC(=O)Nc1ccccc1. The number of rotatable bonds is 9.